The first-order valence-corrected chi connectivity index (χ1v) is 13.8. The molecule has 5 N–H and O–H groups in total. The smallest absolute Gasteiger partial charge is 0.192 e. The molecule has 192 valence electrons. The number of benzene rings is 1. The summed E-state index contributed by atoms with van der Waals surface area (Å²) in [7, 11) is 0. The van der Waals surface area contributed by atoms with Gasteiger partial charge in [0.15, 0.2) is 5.96 Å². The molecule has 2 aliphatic carbocycles. The van der Waals surface area contributed by atoms with E-state index in [1.165, 1.54) is 56.9 Å². The summed E-state index contributed by atoms with van der Waals surface area (Å²) in [6.45, 7) is 4.52. The number of hydrogen-bond acceptors (Lipinski definition) is 4. The minimum absolute atomic E-state index is 0.246. The van der Waals surface area contributed by atoms with Gasteiger partial charge in [-0.05, 0) is 63.1 Å². The van der Waals surface area contributed by atoms with Gasteiger partial charge >= 0.3 is 0 Å². The number of aliphatic hydroxyl groups excluding tert-OH is 1. The van der Waals surface area contributed by atoms with Gasteiger partial charge in [-0.25, -0.2) is 4.99 Å². The number of nitrogens with one attached hydrogen (secondary N) is 2. The molecule has 1 aromatic rings. The van der Waals surface area contributed by atoms with Gasteiger partial charge < -0.3 is 26.2 Å². The minimum Gasteiger partial charge on any atom is -0.494 e. The van der Waals surface area contributed by atoms with E-state index in [0.717, 1.165) is 37.4 Å². The molecule has 0 aliphatic heterocycles. The lowest BCUT2D eigenvalue weighted by molar-refractivity contribution is 0.133. The van der Waals surface area contributed by atoms with Crippen LogP contribution in [-0.4, -0.2) is 47.9 Å². The number of rotatable bonds is 11. The average Bonchev–Trinajstić information content (AvgIpc) is 2.84. The van der Waals surface area contributed by atoms with Crippen molar-refractivity contribution in [3.63, 3.8) is 0 Å². The molecule has 0 radical (unpaired) electrons. The summed E-state index contributed by atoms with van der Waals surface area (Å²) in [5.41, 5.74) is 7.91. The molecule has 34 heavy (non-hydrogen) atoms. The number of guanidine groups is 1. The lowest BCUT2D eigenvalue weighted by Crippen LogP contribution is -2.58. The van der Waals surface area contributed by atoms with Crippen molar-refractivity contribution in [2.24, 2.45) is 10.7 Å². The standard InChI is InChI=1S/C28H48N4O2/c1-3-10-22-15-17-25(18-16-22)34-20-19-26(29)27(21(2)33)32-28(30-23-11-6-4-7-12-23)31-24-13-8-5-9-14-24/h15-18,21,23-24,26-27,33H,3-14,19-20,29H2,1-2H3,(H2,30,31,32). The molecule has 2 aliphatic rings. The molecule has 2 saturated carbocycles. The Morgan fingerprint density at radius 1 is 1.06 bits per heavy atom. The van der Waals surface area contributed by atoms with E-state index in [9.17, 15) is 5.11 Å². The molecule has 0 aromatic heterocycles. The summed E-state index contributed by atoms with van der Waals surface area (Å²) in [4.78, 5) is 5.08. The van der Waals surface area contributed by atoms with Crippen LogP contribution < -0.4 is 21.1 Å². The van der Waals surface area contributed by atoms with Crippen LogP contribution in [0.3, 0.4) is 0 Å². The van der Waals surface area contributed by atoms with Gasteiger partial charge in [0.1, 0.15) is 5.75 Å². The average molecular weight is 473 g/mol. The van der Waals surface area contributed by atoms with Crippen LogP contribution in [0.2, 0.25) is 0 Å². The van der Waals surface area contributed by atoms with Crippen LogP contribution in [-0.2, 0) is 6.42 Å². The topological polar surface area (TPSA) is 91.9 Å². The molecule has 0 heterocycles. The molecule has 6 nitrogen and oxygen atoms in total. The van der Waals surface area contributed by atoms with E-state index in [1.54, 1.807) is 0 Å². The Kier molecular flexibility index (Phi) is 11.5. The highest BCUT2D eigenvalue weighted by Crippen LogP contribution is 2.21. The molecule has 3 rings (SSSR count). The Morgan fingerprint density at radius 3 is 2.32 bits per heavy atom. The van der Waals surface area contributed by atoms with Crippen molar-refractivity contribution < 1.29 is 9.84 Å². The second-order valence-electron chi connectivity index (χ2n) is 10.4. The number of aliphatic imine (C=N–C) groups is 1. The molecular formula is C28H48N4O2. The van der Waals surface area contributed by atoms with Gasteiger partial charge in [0, 0.05) is 12.1 Å². The minimum atomic E-state index is -0.590. The predicted octanol–water partition coefficient (Wildman–Crippen LogP) is 4.69. The zero-order valence-electron chi connectivity index (χ0n) is 21.5. The molecule has 3 atom stereocenters. The third-order valence-electron chi connectivity index (χ3n) is 7.30. The first kappa shape index (κ1) is 26.8. The zero-order valence-corrected chi connectivity index (χ0v) is 21.5. The predicted molar refractivity (Wildman–Crippen MR) is 141 cm³/mol. The summed E-state index contributed by atoms with van der Waals surface area (Å²) in [6, 6.07) is 8.60. The van der Waals surface area contributed by atoms with E-state index < -0.39 is 6.10 Å². The lowest BCUT2D eigenvalue weighted by atomic mass is 9.95. The van der Waals surface area contributed by atoms with E-state index in [-0.39, 0.29) is 12.1 Å². The molecule has 0 spiro atoms. The Hall–Kier alpha value is -1.79. The van der Waals surface area contributed by atoms with E-state index in [4.69, 9.17) is 15.5 Å². The maximum atomic E-state index is 10.6. The van der Waals surface area contributed by atoms with Crippen LogP contribution >= 0.6 is 0 Å². The Balaban J connectivity index is 1.57. The van der Waals surface area contributed by atoms with Gasteiger partial charge in [-0.1, -0.05) is 64.0 Å². The summed E-state index contributed by atoms with van der Waals surface area (Å²) in [5.74, 6) is 1.69. The molecule has 3 unspecified atom stereocenters. The van der Waals surface area contributed by atoms with Crippen LogP contribution in [0, 0.1) is 0 Å². The van der Waals surface area contributed by atoms with Crippen LogP contribution in [0.5, 0.6) is 5.75 Å². The third kappa shape index (κ3) is 9.10. The van der Waals surface area contributed by atoms with Gasteiger partial charge in [0.05, 0.1) is 24.8 Å². The first-order valence-electron chi connectivity index (χ1n) is 13.8. The molecule has 2 fully saturated rings. The zero-order chi connectivity index (χ0) is 24.2. The SMILES string of the molecule is CCCc1ccc(OCCC(N)C(NC(=NC2CCCCC2)NC2CCCCC2)C(C)O)cc1. The van der Waals surface area contributed by atoms with Crippen molar-refractivity contribution in [1.82, 2.24) is 10.6 Å². The Morgan fingerprint density at radius 2 is 1.71 bits per heavy atom. The highest BCUT2D eigenvalue weighted by molar-refractivity contribution is 5.80. The van der Waals surface area contributed by atoms with Crippen molar-refractivity contribution in [1.29, 1.82) is 0 Å². The van der Waals surface area contributed by atoms with E-state index in [1.807, 2.05) is 19.1 Å². The molecule has 6 heteroatoms. The van der Waals surface area contributed by atoms with Gasteiger partial charge in [0.2, 0.25) is 0 Å². The van der Waals surface area contributed by atoms with Crippen molar-refractivity contribution >= 4 is 5.96 Å². The Bertz CT molecular complexity index is 710. The normalized spacial score (nSPS) is 21.0. The van der Waals surface area contributed by atoms with Crippen LogP contribution in [0.4, 0.5) is 0 Å². The fourth-order valence-corrected chi connectivity index (χ4v) is 5.23. The van der Waals surface area contributed by atoms with E-state index in [0.29, 0.717) is 25.1 Å². The van der Waals surface area contributed by atoms with Gasteiger partial charge in [-0.15, -0.1) is 0 Å². The summed E-state index contributed by atoms with van der Waals surface area (Å²) in [5, 5.41) is 17.8. The lowest BCUT2D eigenvalue weighted by Gasteiger charge is -2.32. The highest BCUT2D eigenvalue weighted by Gasteiger charge is 2.26. The Labute approximate surface area is 207 Å². The fraction of sp³-hybridized carbons (Fsp3) is 0.750. The number of hydrogen-bond donors (Lipinski definition) is 4. The second kappa shape index (κ2) is 14.6. The first-order chi connectivity index (χ1) is 16.5. The summed E-state index contributed by atoms with van der Waals surface area (Å²) in [6.07, 6.45) is 14.6. The number of aliphatic hydroxyl groups is 1. The van der Waals surface area contributed by atoms with Crippen LogP contribution in [0.15, 0.2) is 29.3 Å². The summed E-state index contributed by atoms with van der Waals surface area (Å²) >= 11 is 0. The van der Waals surface area contributed by atoms with Crippen molar-refractivity contribution in [2.75, 3.05) is 6.61 Å². The molecule has 0 saturated heterocycles. The van der Waals surface area contributed by atoms with Crippen molar-refractivity contribution in [3.05, 3.63) is 29.8 Å². The fourth-order valence-electron chi connectivity index (χ4n) is 5.23. The molecule has 1 aromatic carbocycles. The highest BCUT2D eigenvalue weighted by atomic mass is 16.5. The van der Waals surface area contributed by atoms with E-state index >= 15 is 0 Å². The molecular weight excluding hydrogens is 424 g/mol. The maximum absolute atomic E-state index is 10.6. The number of nitrogens with zero attached hydrogens (tertiary/aromatic N) is 1. The summed E-state index contributed by atoms with van der Waals surface area (Å²) < 4.78 is 5.95. The monoisotopic (exact) mass is 472 g/mol. The van der Waals surface area contributed by atoms with Crippen molar-refractivity contribution in [3.8, 4) is 5.75 Å². The van der Waals surface area contributed by atoms with Gasteiger partial charge in [-0.3, -0.25) is 0 Å². The second-order valence-corrected chi connectivity index (χ2v) is 10.4. The van der Waals surface area contributed by atoms with Gasteiger partial charge in [-0.2, -0.15) is 0 Å². The molecule has 0 bridgehead atoms. The van der Waals surface area contributed by atoms with E-state index in [2.05, 4.69) is 29.7 Å². The van der Waals surface area contributed by atoms with Gasteiger partial charge in [0.25, 0.3) is 0 Å². The molecule has 0 amide bonds. The number of nitrogens with two attached hydrogens (primary N) is 1. The number of ether oxygens (including phenoxy) is 1. The maximum Gasteiger partial charge on any atom is 0.192 e. The third-order valence-corrected chi connectivity index (χ3v) is 7.30. The largest absolute Gasteiger partial charge is 0.494 e. The quantitative estimate of drug-likeness (QED) is 0.277. The van der Waals surface area contributed by atoms with Crippen LogP contribution in [0.1, 0.15) is 96.5 Å². The number of aryl methyl sites for hydroxylation is 1. The van der Waals surface area contributed by atoms with Crippen molar-refractivity contribution in [2.45, 2.75) is 128 Å². The van der Waals surface area contributed by atoms with Crippen LogP contribution in [0.25, 0.3) is 0 Å².